The highest BCUT2D eigenvalue weighted by atomic mass is 79.9. The summed E-state index contributed by atoms with van der Waals surface area (Å²) in [5.41, 5.74) is 0. The second kappa shape index (κ2) is 3.42. The third kappa shape index (κ3) is 2.42. The van der Waals surface area contributed by atoms with Crippen LogP contribution in [0.1, 0.15) is 12.8 Å². The molecule has 2 aliphatic rings. The molecule has 0 spiro atoms. The molecule has 1 aliphatic carbocycles. The van der Waals surface area contributed by atoms with Gasteiger partial charge in [0, 0.05) is 48.9 Å². The van der Waals surface area contributed by atoms with Crippen molar-refractivity contribution >= 4 is 16.1 Å². The predicted molar refractivity (Wildman–Crippen MR) is 49.7 cm³/mol. The molecule has 0 aromatic heterocycles. The van der Waals surface area contributed by atoms with Gasteiger partial charge in [0.25, 0.3) is 0 Å². The number of piperazine rings is 1. The van der Waals surface area contributed by atoms with Gasteiger partial charge >= 0.3 is 0 Å². The fourth-order valence-electron chi connectivity index (χ4n) is 1.57. The first kappa shape index (κ1) is 8.02. The molecule has 64 valence electrons. The lowest BCUT2D eigenvalue weighted by atomic mass is 10.3. The number of hydrogen-bond acceptors (Lipinski definition) is 2. The van der Waals surface area contributed by atoms with Crippen LogP contribution < -0.4 is 0 Å². The van der Waals surface area contributed by atoms with E-state index in [4.69, 9.17) is 0 Å². The van der Waals surface area contributed by atoms with Crippen molar-refractivity contribution in [2.24, 2.45) is 5.92 Å². The first-order valence-electron chi connectivity index (χ1n) is 4.47. The minimum atomic E-state index is 1.05. The number of nitrogens with zero attached hydrogens (tertiary/aromatic N) is 2. The van der Waals surface area contributed by atoms with Crippen molar-refractivity contribution < 1.29 is 0 Å². The summed E-state index contributed by atoms with van der Waals surface area (Å²) in [5, 5.41) is 0. The van der Waals surface area contributed by atoms with Crippen LogP contribution in [0.2, 0.25) is 0 Å². The lowest BCUT2D eigenvalue weighted by molar-refractivity contribution is 0.193. The number of rotatable bonds is 2. The van der Waals surface area contributed by atoms with Crippen LogP contribution in [0.4, 0.5) is 0 Å². The maximum absolute atomic E-state index is 3.50. The molecular formula is C8H15BrN2. The molecule has 1 saturated heterocycles. The van der Waals surface area contributed by atoms with Crippen LogP contribution in [-0.2, 0) is 0 Å². The first-order chi connectivity index (χ1) is 5.34. The van der Waals surface area contributed by atoms with E-state index in [2.05, 4.69) is 25.0 Å². The molecule has 11 heavy (non-hydrogen) atoms. The lowest BCUT2D eigenvalue weighted by Gasteiger charge is -2.30. The quantitative estimate of drug-likeness (QED) is 0.646. The van der Waals surface area contributed by atoms with E-state index in [-0.39, 0.29) is 0 Å². The van der Waals surface area contributed by atoms with Gasteiger partial charge in [0.2, 0.25) is 0 Å². The Morgan fingerprint density at radius 2 is 1.73 bits per heavy atom. The lowest BCUT2D eigenvalue weighted by Crippen LogP contribution is -2.42. The topological polar surface area (TPSA) is 6.48 Å². The summed E-state index contributed by atoms with van der Waals surface area (Å²) >= 11 is 3.50. The second-order valence-corrected chi connectivity index (χ2v) is 4.66. The van der Waals surface area contributed by atoms with Gasteiger partial charge in [0.1, 0.15) is 0 Å². The minimum Gasteiger partial charge on any atom is -0.300 e. The average molecular weight is 219 g/mol. The standard InChI is InChI=1S/C8H15BrN2/c9-11-5-3-10(4-6-11)7-8-1-2-8/h8H,1-7H2. The zero-order valence-corrected chi connectivity index (χ0v) is 8.39. The third-order valence-corrected chi connectivity index (χ3v) is 3.24. The highest BCUT2D eigenvalue weighted by Gasteiger charge is 2.25. The Bertz CT molecular complexity index is 128. The molecule has 0 aromatic rings. The molecule has 2 rings (SSSR count). The maximum atomic E-state index is 3.50. The Balaban J connectivity index is 1.69. The number of halogens is 1. The second-order valence-electron chi connectivity index (χ2n) is 3.65. The van der Waals surface area contributed by atoms with E-state index in [9.17, 15) is 0 Å². The zero-order chi connectivity index (χ0) is 7.68. The number of hydrogen-bond donors (Lipinski definition) is 0. The summed E-state index contributed by atoms with van der Waals surface area (Å²) < 4.78 is 2.23. The summed E-state index contributed by atoms with van der Waals surface area (Å²) in [6, 6.07) is 0. The van der Waals surface area contributed by atoms with Crippen molar-refractivity contribution in [3.8, 4) is 0 Å². The molecular weight excluding hydrogens is 204 g/mol. The molecule has 1 heterocycles. The summed E-state index contributed by atoms with van der Waals surface area (Å²) in [6.07, 6.45) is 2.96. The highest BCUT2D eigenvalue weighted by Crippen LogP contribution is 2.29. The van der Waals surface area contributed by atoms with Crippen LogP contribution in [0.5, 0.6) is 0 Å². The zero-order valence-electron chi connectivity index (χ0n) is 6.80. The molecule has 3 heteroatoms. The maximum Gasteiger partial charge on any atom is 0.0221 e. The van der Waals surface area contributed by atoms with Gasteiger partial charge in [0.15, 0.2) is 0 Å². The predicted octanol–water partition coefficient (Wildman–Crippen LogP) is 1.32. The Kier molecular flexibility index (Phi) is 2.49. The van der Waals surface area contributed by atoms with Crippen molar-refractivity contribution in [1.29, 1.82) is 0 Å². The fourth-order valence-corrected chi connectivity index (χ4v) is 1.89. The SMILES string of the molecule is BrN1CCN(CC2CC2)CC1. The van der Waals surface area contributed by atoms with Gasteiger partial charge < -0.3 is 4.90 Å². The monoisotopic (exact) mass is 218 g/mol. The van der Waals surface area contributed by atoms with Crippen molar-refractivity contribution in [3.05, 3.63) is 0 Å². The molecule has 1 aliphatic heterocycles. The van der Waals surface area contributed by atoms with Gasteiger partial charge in [-0.05, 0) is 18.8 Å². The first-order valence-corrected chi connectivity index (χ1v) is 5.18. The average Bonchev–Trinajstić information content (AvgIpc) is 2.78. The van der Waals surface area contributed by atoms with Gasteiger partial charge in [-0.1, -0.05) is 0 Å². The smallest absolute Gasteiger partial charge is 0.0221 e. The van der Waals surface area contributed by atoms with Crippen LogP contribution in [0.25, 0.3) is 0 Å². The van der Waals surface area contributed by atoms with E-state index >= 15 is 0 Å². The fraction of sp³-hybridized carbons (Fsp3) is 1.00. The normalized spacial score (nSPS) is 29.2. The van der Waals surface area contributed by atoms with Crippen molar-refractivity contribution in [2.75, 3.05) is 32.7 Å². The summed E-state index contributed by atoms with van der Waals surface area (Å²) in [5.74, 6) is 1.05. The largest absolute Gasteiger partial charge is 0.300 e. The van der Waals surface area contributed by atoms with Gasteiger partial charge in [-0.3, -0.25) is 0 Å². The summed E-state index contributed by atoms with van der Waals surface area (Å²) in [7, 11) is 0. The molecule has 0 N–H and O–H groups in total. The van der Waals surface area contributed by atoms with Gasteiger partial charge in [-0.2, -0.15) is 0 Å². The van der Waals surface area contributed by atoms with Crippen molar-refractivity contribution in [1.82, 2.24) is 8.83 Å². The van der Waals surface area contributed by atoms with E-state index in [1.807, 2.05) is 0 Å². The van der Waals surface area contributed by atoms with Crippen LogP contribution >= 0.6 is 16.1 Å². The van der Waals surface area contributed by atoms with E-state index in [1.54, 1.807) is 0 Å². The molecule has 0 unspecified atom stereocenters. The van der Waals surface area contributed by atoms with E-state index in [0.29, 0.717) is 0 Å². The van der Waals surface area contributed by atoms with Crippen LogP contribution in [0.3, 0.4) is 0 Å². The Labute approximate surface area is 76.9 Å². The van der Waals surface area contributed by atoms with Crippen molar-refractivity contribution in [2.45, 2.75) is 12.8 Å². The molecule has 0 aromatic carbocycles. The molecule has 2 fully saturated rings. The highest BCUT2D eigenvalue weighted by molar-refractivity contribution is 9.07. The van der Waals surface area contributed by atoms with Crippen LogP contribution in [0.15, 0.2) is 0 Å². The molecule has 0 amide bonds. The third-order valence-electron chi connectivity index (χ3n) is 2.53. The minimum absolute atomic E-state index is 1.05. The Morgan fingerprint density at radius 1 is 1.09 bits per heavy atom. The van der Waals surface area contributed by atoms with Gasteiger partial charge in [-0.25, -0.2) is 3.93 Å². The van der Waals surface area contributed by atoms with Crippen LogP contribution in [0, 0.1) is 5.92 Å². The molecule has 0 bridgehead atoms. The van der Waals surface area contributed by atoms with Crippen LogP contribution in [-0.4, -0.2) is 41.5 Å². The van der Waals surface area contributed by atoms with Gasteiger partial charge in [-0.15, -0.1) is 0 Å². The summed E-state index contributed by atoms with van der Waals surface area (Å²) in [4.78, 5) is 2.59. The Hall–Kier alpha value is 0.400. The molecule has 0 atom stereocenters. The molecule has 0 radical (unpaired) electrons. The van der Waals surface area contributed by atoms with E-state index in [0.717, 1.165) is 5.92 Å². The van der Waals surface area contributed by atoms with E-state index in [1.165, 1.54) is 45.6 Å². The molecule has 2 nitrogen and oxygen atoms in total. The van der Waals surface area contributed by atoms with E-state index < -0.39 is 0 Å². The Morgan fingerprint density at radius 3 is 2.27 bits per heavy atom. The van der Waals surface area contributed by atoms with Gasteiger partial charge in [0.05, 0.1) is 0 Å². The molecule has 1 saturated carbocycles. The van der Waals surface area contributed by atoms with Crippen molar-refractivity contribution in [3.63, 3.8) is 0 Å². The summed E-state index contributed by atoms with van der Waals surface area (Å²) in [6.45, 7) is 6.24.